The lowest BCUT2D eigenvalue weighted by molar-refractivity contribution is -0.385. The van der Waals surface area contributed by atoms with Gasteiger partial charge in [-0.1, -0.05) is 26.8 Å². The first-order chi connectivity index (χ1) is 7.52. The van der Waals surface area contributed by atoms with Gasteiger partial charge < -0.3 is 0 Å². The molecule has 0 saturated carbocycles. The number of nitro groups is 1. The summed E-state index contributed by atoms with van der Waals surface area (Å²) < 4.78 is 0. The number of hydrogen-bond acceptors (Lipinski definition) is 2. The lowest BCUT2D eigenvalue weighted by Crippen LogP contribution is -2.04. The van der Waals surface area contributed by atoms with Crippen molar-refractivity contribution >= 4 is 5.69 Å². The highest BCUT2D eigenvalue weighted by Gasteiger charge is 2.19. The molecule has 3 nitrogen and oxygen atoms in total. The molecule has 0 N–H and O–H groups in total. The molecule has 88 valence electrons. The van der Waals surface area contributed by atoms with Crippen molar-refractivity contribution in [2.24, 2.45) is 0 Å². The van der Waals surface area contributed by atoms with Crippen LogP contribution in [-0.2, 0) is 6.42 Å². The number of nitrogens with zero attached hydrogens (tertiary/aromatic N) is 1. The highest BCUT2D eigenvalue weighted by Crippen LogP contribution is 2.32. The van der Waals surface area contributed by atoms with Crippen LogP contribution in [0.25, 0.3) is 0 Å². The molecule has 1 unspecified atom stereocenters. The third-order valence-electron chi connectivity index (χ3n) is 3.26. The molecule has 1 atom stereocenters. The normalized spacial score (nSPS) is 12.5. The molecule has 0 aliphatic rings. The maximum Gasteiger partial charge on any atom is 0.272 e. The molecule has 0 aromatic heterocycles. The Balaban J connectivity index is 3.40. The van der Waals surface area contributed by atoms with Crippen molar-refractivity contribution in [2.75, 3.05) is 0 Å². The van der Waals surface area contributed by atoms with Crippen LogP contribution in [0.15, 0.2) is 12.1 Å². The molecular formula is C13H19NO2. The van der Waals surface area contributed by atoms with Gasteiger partial charge in [0.15, 0.2) is 0 Å². The highest BCUT2D eigenvalue weighted by molar-refractivity contribution is 5.50. The van der Waals surface area contributed by atoms with Gasteiger partial charge in [-0.3, -0.25) is 10.1 Å². The number of benzene rings is 1. The molecule has 0 fully saturated rings. The van der Waals surface area contributed by atoms with Gasteiger partial charge >= 0.3 is 0 Å². The van der Waals surface area contributed by atoms with Crippen LogP contribution < -0.4 is 0 Å². The van der Waals surface area contributed by atoms with Crippen LogP contribution in [0.5, 0.6) is 0 Å². The van der Waals surface area contributed by atoms with E-state index in [0.717, 1.165) is 18.4 Å². The number of aryl methyl sites for hydroxylation is 1. The van der Waals surface area contributed by atoms with Gasteiger partial charge in [0.2, 0.25) is 0 Å². The molecule has 1 aromatic rings. The fourth-order valence-electron chi connectivity index (χ4n) is 2.17. The van der Waals surface area contributed by atoms with Crippen molar-refractivity contribution in [2.45, 2.75) is 46.5 Å². The van der Waals surface area contributed by atoms with Crippen molar-refractivity contribution in [3.63, 3.8) is 0 Å². The summed E-state index contributed by atoms with van der Waals surface area (Å²) in [7, 11) is 0. The largest absolute Gasteiger partial charge is 0.272 e. The van der Waals surface area contributed by atoms with E-state index in [-0.39, 0.29) is 10.6 Å². The monoisotopic (exact) mass is 221 g/mol. The molecular weight excluding hydrogens is 202 g/mol. The summed E-state index contributed by atoms with van der Waals surface area (Å²) in [6.07, 6.45) is 1.94. The fourth-order valence-corrected chi connectivity index (χ4v) is 2.17. The van der Waals surface area contributed by atoms with Crippen molar-refractivity contribution in [1.29, 1.82) is 0 Å². The topological polar surface area (TPSA) is 43.1 Å². The predicted molar refractivity (Wildman–Crippen MR) is 65.9 cm³/mol. The van der Waals surface area contributed by atoms with Crippen molar-refractivity contribution in [3.8, 4) is 0 Å². The second-order valence-electron chi connectivity index (χ2n) is 4.20. The van der Waals surface area contributed by atoms with E-state index in [9.17, 15) is 10.1 Å². The van der Waals surface area contributed by atoms with E-state index in [2.05, 4.69) is 20.8 Å². The molecule has 0 aliphatic heterocycles. The first-order valence-electron chi connectivity index (χ1n) is 5.79. The number of nitro benzene ring substituents is 1. The zero-order valence-corrected chi connectivity index (χ0v) is 10.4. The Morgan fingerprint density at radius 1 is 1.38 bits per heavy atom. The number of rotatable bonds is 4. The third-order valence-corrected chi connectivity index (χ3v) is 3.26. The Labute approximate surface area is 96.6 Å². The quantitative estimate of drug-likeness (QED) is 0.570. The smallest absolute Gasteiger partial charge is 0.258 e. The van der Waals surface area contributed by atoms with Gasteiger partial charge in [-0.15, -0.1) is 0 Å². The first-order valence-corrected chi connectivity index (χ1v) is 5.79. The molecule has 0 aliphatic carbocycles. The summed E-state index contributed by atoms with van der Waals surface area (Å²) in [6.45, 7) is 8.19. The van der Waals surface area contributed by atoms with Crippen molar-refractivity contribution in [1.82, 2.24) is 0 Å². The SMILES string of the molecule is CCc1ccc([N+](=O)[O-])c(C)c1C(C)CC. The van der Waals surface area contributed by atoms with Crippen molar-refractivity contribution < 1.29 is 4.92 Å². The van der Waals surface area contributed by atoms with E-state index in [1.165, 1.54) is 11.1 Å². The van der Waals surface area contributed by atoms with E-state index in [0.29, 0.717) is 5.92 Å². The molecule has 0 radical (unpaired) electrons. The molecule has 0 saturated heterocycles. The van der Waals surface area contributed by atoms with Crippen LogP contribution in [0.1, 0.15) is 49.8 Å². The van der Waals surface area contributed by atoms with Gasteiger partial charge in [0.25, 0.3) is 5.69 Å². The van der Waals surface area contributed by atoms with Gasteiger partial charge in [-0.2, -0.15) is 0 Å². The van der Waals surface area contributed by atoms with Gasteiger partial charge in [-0.05, 0) is 36.8 Å². The second-order valence-corrected chi connectivity index (χ2v) is 4.20. The Kier molecular flexibility index (Phi) is 4.05. The summed E-state index contributed by atoms with van der Waals surface area (Å²) in [4.78, 5) is 10.6. The Bertz CT molecular complexity index is 399. The lowest BCUT2D eigenvalue weighted by Gasteiger charge is -2.17. The summed E-state index contributed by atoms with van der Waals surface area (Å²) in [5.41, 5.74) is 3.47. The molecule has 0 spiro atoms. The highest BCUT2D eigenvalue weighted by atomic mass is 16.6. The first kappa shape index (κ1) is 12.7. The summed E-state index contributed by atoms with van der Waals surface area (Å²) >= 11 is 0. The number of hydrogen-bond donors (Lipinski definition) is 0. The molecule has 0 amide bonds. The van der Waals surface area contributed by atoms with Crippen LogP contribution in [0.3, 0.4) is 0 Å². The third kappa shape index (κ3) is 2.23. The maximum absolute atomic E-state index is 10.9. The maximum atomic E-state index is 10.9. The predicted octanol–water partition coefficient (Wildman–Crippen LogP) is 3.98. The minimum atomic E-state index is -0.291. The van der Waals surface area contributed by atoms with Crippen LogP contribution in [-0.4, -0.2) is 4.92 Å². The zero-order valence-electron chi connectivity index (χ0n) is 10.4. The lowest BCUT2D eigenvalue weighted by atomic mass is 9.88. The average molecular weight is 221 g/mol. The van der Waals surface area contributed by atoms with Crippen LogP contribution in [0.4, 0.5) is 5.69 Å². The summed E-state index contributed by atoms with van der Waals surface area (Å²) in [6, 6.07) is 3.52. The Morgan fingerprint density at radius 2 is 2.00 bits per heavy atom. The average Bonchev–Trinajstić information content (AvgIpc) is 2.26. The standard InChI is InChI=1S/C13H19NO2/c1-5-9(3)13-10(4)12(14(15)16)8-7-11(13)6-2/h7-9H,5-6H2,1-4H3. The molecule has 16 heavy (non-hydrogen) atoms. The Morgan fingerprint density at radius 3 is 2.44 bits per heavy atom. The van der Waals surface area contributed by atoms with Crippen LogP contribution >= 0.6 is 0 Å². The molecule has 3 heteroatoms. The van der Waals surface area contributed by atoms with Gasteiger partial charge in [-0.25, -0.2) is 0 Å². The van der Waals surface area contributed by atoms with E-state index in [1.54, 1.807) is 6.07 Å². The van der Waals surface area contributed by atoms with Gasteiger partial charge in [0.1, 0.15) is 0 Å². The van der Waals surface area contributed by atoms with Gasteiger partial charge in [0.05, 0.1) is 4.92 Å². The molecule has 1 rings (SSSR count). The van der Waals surface area contributed by atoms with Gasteiger partial charge in [0, 0.05) is 11.6 Å². The summed E-state index contributed by atoms with van der Waals surface area (Å²) in [5.74, 6) is 0.384. The van der Waals surface area contributed by atoms with E-state index >= 15 is 0 Å². The molecule has 0 bridgehead atoms. The molecule has 0 heterocycles. The minimum Gasteiger partial charge on any atom is -0.258 e. The van der Waals surface area contributed by atoms with Crippen molar-refractivity contribution in [3.05, 3.63) is 38.9 Å². The van der Waals surface area contributed by atoms with E-state index in [1.807, 2.05) is 13.0 Å². The zero-order chi connectivity index (χ0) is 12.3. The summed E-state index contributed by atoms with van der Waals surface area (Å²) in [5, 5.41) is 10.9. The second kappa shape index (κ2) is 5.10. The van der Waals surface area contributed by atoms with E-state index < -0.39 is 0 Å². The van der Waals surface area contributed by atoms with Crippen LogP contribution in [0.2, 0.25) is 0 Å². The Hall–Kier alpha value is -1.38. The molecule has 1 aromatic carbocycles. The fraction of sp³-hybridized carbons (Fsp3) is 0.538. The van der Waals surface area contributed by atoms with Crippen LogP contribution in [0, 0.1) is 17.0 Å². The minimum absolute atomic E-state index is 0.243. The van der Waals surface area contributed by atoms with E-state index in [4.69, 9.17) is 0 Å².